The van der Waals surface area contributed by atoms with E-state index >= 15 is 0 Å². The zero-order valence-electron chi connectivity index (χ0n) is 42.3. The fourth-order valence-electron chi connectivity index (χ4n) is 9.08. The molecule has 4 aromatic carbocycles. The summed E-state index contributed by atoms with van der Waals surface area (Å²) in [7, 11) is 0. The van der Waals surface area contributed by atoms with E-state index in [9.17, 15) is 34.5 Å². The summed E-state index contributed by atoms with van der Waals surface area (Å²) in [5, 5.41) is 36.2. The van der Waals surface area contributed by atoms with E-state index in [0.717, 1.165) is 61.7 Å². The van der Waals surface area contributed by atoms with E-state index in [1.54, 1.807) is 40.5 Å². The fourth-order valence-corrected chi connectivity index (χ4v) is 9.89. The number of piperazine rings is 1. The van der Waals surface area contributed by atoms with Crippen LogP contribution in [0.3, 0.4) is 0 Å². The lowest BCUT2D eigenvalue weighted by Crippen LogP contribution is -2.58. The maximum atomic E-state index is 14.0. The number of thiazole rings is 1. The average molecular weight is 1020 g/mol. The number of nitrogens with one attached hydrogen (secondary N) is 2. The van der Waals surface area contributed by atoms with Gasteiger partial charge in [0.1, 0.15) is 49.2 Å². The van der Waals surface area contributed by atoms with Gasteiger partial charge in [-0.15, -0.1) is 11.3 Å². The number of nitrogens with zero attached hydrogens (tertiary/aromatic N) is 4. The number of ether oxygens (including phenoxy) is 3. The Bertz CT molecular complexity index is 2660. The molecular weight excluding hydrogens is 949 g/mol. The maximum Gasteiger partial charge on any atom is 0.248 e. The summed E-state index contributed by atoms with van der Waals surface area (Å²) in [4.78, 5) is 64.3. The Hall–Kier alpha value is -6.63. The molecule has 0 spiro atoms. The average Bonchev–Trinajstić information content (AvgIpc) is 4.01. The summed E-state index contributed by atoms with van der Waals surface area (Å²) >= 11 is 1.57. The van der Waals surface area contributed by atoms with E-state index in [1.807, 2.05) is 106 Å². The standard InChI is InChI=1S/C56H68N6O10S/c1-6-47(39-11-17-43(63)18-12-39)51(40-13-19-44(64)20-14-40)41-15-21-46(22-16-41)72-28-27-60-23-25-61(26-24-60)50(67)35-71-30-29-70-34-49(66)59-53(56(3,4)5)55(69)62-33-45(65)31-48(62)54(68)57-32-38-7-9-42(10-8-38)52-37(2)58-36-73-52/h7-22,36,45,48,53,63-65H,6,23-35H2,1-5H3,(H,57,68)(H,59,66)/t45-,48+,53-/m1/s1. The number of carbonyl (C=O) groups is 4. The molecule has 2 aliphatic rings. The lowest BCUT2D eigenvalue weighted by molar-refractivity contribution is -0.144. The highest BCUT2D eigenvalue weighted by Crippen LogP contribution is 2.36. The van der Waals surface area contributed by atoms with Gasteiger partial charge in [0.15, 0.2) is 0 Å². The van der Waals surface area contributed by atoms with E-state index in [1.165, 1.54) is 4.90 Å². The molecule has 5 aromatic rings. The van der Waals surface area contributed by atoms with Crippen LogP contribution in [0.15, 0.2) is 103 Å². The van der Waals surface area contributed by atoms with Crippen LogP contribution >= 0.6 is 11.3 Å². The number of aromatic nitrogens is 1. The monoisotopic (exact) mass is 1020 g/mol. The van der Waals surface area contributed by atoms with Crippen molar-refractivity contribution in [3.8, 4) is 27.7 Å². The normalized spacial score (nSPS) is 17.0. The Kier molecular flexibility index (Phi) is 18.8. The molecule has 0 saturated carbocycles. The smallest absolute Gasteiger partial charge is 0.248 e. The van der Waals surface area contributed by atoms with Crippen molar-refractivity contribution in [2.24, 2.45) is 5.41 Å². The molecule has 16 nitrogen and oxygen atoms in total. The highest BCUT2D eigenvalue weighted by molar-refractivity contribution is 7.13. The van der Waals surface area contributed by atoms with Crippen LogP contribution in [0.1, 0.15) is 68.5 Å². The van der Waals surface area contributed by atoms with Crippen LogP contribution in [0.2, 0.25) is 0 Å². The van der Waals surface area contributed by atoms with Crippen LogP contribution in [0.25, 0.3) is 21.6 Å². The van der Waals surface area contributed by atoms with Gasteiger partial charge in [-0.3, -0.25) is 24.1 Å². The number of amides is 4. The van der Waals surface area contributed by atoms with Crippen LogP contribution in [0.4, 0.5) is 0 Å². The number of phenols is 2. The molecule has 5 N–H and O–H groups in total. The van der Waals surface area contributed by atoms with Gasteiger partial charge < -0.3 is 50.0 Å². The molecule has 1 aromatic heterocycles. The minimum atomic E-state index is -0.999. The van der Waals surface area contributed by atoms with Gasteiger partial charge >= 0.3 is 0 Å². The molecule has 4 amide bonds. The largest absolute Gasteiger partial charge is 0.508 e. The summed E-state index contributed by atoms with van der Waals surface area (Å²) in [5.74, 6) is -0.371. The Balaban J connectivity index is 0.788. The van der Waals surface area contributed by atoms with Crippen molar-refractivity contribution in [3.63, 3.8) is 0 Å². The van der Waals surface area contributed by atoms with Crippen LogP contribution in [0.5, 0.6) is 17.2 Å². The van der Waals surface area contributed by atoms with Crippen molar-refractivity contribution in [1.82, 2.24) is 30.3 Å². The van der Waals surface area contributed by atoms with Gasteiger partial charge in [0.05, 0.1) is 35.4 Å². The molecule has 73 heavy (non-hydrogen) atoms. The Morgan fingerprint density at radius 3 is 1.99 bits per heavy atom. The van der Waals surface area contributed by atoms with Crippen molar-refractivity contribution in [3.05, 3.63) is 131 Å². The lowest BCUT2D eigenvalue weighted by Gasteiger charge is -2.35. The molecule has 0 aliphatic carbocycles. The number of aliphatic hydroxyl groups excluding tert-OH is 1. The van der Waals surface area contributed by atoms with Crippen LogP contribution in [0, 0.1) is 12.3 Å². The molecule has 2 saturated heterocycles. The lowest BCUT2D eigenvalue weighted by atomic mass is 9.85. The molecular formula is C56H68N6O10S. The topological polar surface area (TPSA) is 203 Å². The third-order valence-electron chi connectivity index (χ3n) is 13.1. The number of likely N-dealkylation sites (tertiary alicyclic amines) is 1. The van der Waals surface area contributed by atoms with E-state index in [2.05, 4.69) is 27.4 Å². The minimum Gasteiger partial charge on any atom is -0.508 e. The number of aromatic hydroxyl groups is 2. The molecule has 388 valence electrons. The van der Waals surface area contributed by atoms with E-state index in [0.29, 0.717) is 39.3 Å². The van der Waals surface area contributed by atoms with Gasteiger partial charge in [0.2, 0.25) is 23.6 Å². The van der Waals surface area contributed by atoms with Gasteiger partial charge in [-0.25, -0.2) is 4.98 Å². The molecule has 17 heteroatoms. The molecule has 3 heterocycles. The number of aliphatic hydroxyl groups is 1. The first-order chi connectivity index (χ1) is 35.1. The summed E-state index contributed by atoms with van der Waals surface area (Å²) in [6, 6.07) is 28.3. The van der Waals surface area contributed by atoms with Crippen molar-refractivity contribution in [1.29, 1.82) is 0 Å². The highest BCUT2D eigenvalue weighted by atomic mass is 32.1. The van der Waals surface area contributed by atoms with E-state index < -0.39 is 35.4 Å². The number of carbonyl (C=O) groups excluding carboxylic acids is 4. The van der Waals surface area contributed by atoms with Crippen molar-refractivity contribution in [2.45, 2.75) is 72.2 Å². The summed E-state index contributed by atoms with van der Waals surface area (Å²) < 4.78 is 17.3. The predicted octanol–water partition coefficient (Wildman–Crippen LogP) is 6.26. The molecule has 7 rings (SSSR count). The van der Waals surface area contributed by atoms with Gasteiger partial charge in [-0.1, -0.05) is 88.4 Å². The molecule has 0 radical (unpaired) electrons. The fraction of sp³-hybridized carbons (Fsp3) is 0.411. The van der Waals surface area contributed by atoms with Gasteiger partial charge in [-0.2, -0.15) is 0 Å². The first-order valence-corrected chi connectivity index (χ1v) is 25.7. The van der Waals surface area contributed by atoms with Crippen molar-refractivity contribution >= 4 is 46.1 Å². The molecule has 2 fully saturated rings. The molecule has 2 aliphatic heterocycles. The molecule has 0 unspecified atom stereocenters. The predicted molar refractivity (Wildman–Crippen MR) is 281 cm³/mol. The van der Waals surface area contributed by atoms with Crippen molar-refractivity contribution < 1.29 is 48.7 Å². The third-order valence-corrected chi connectivity index (χ3v) is 14.1. The second-order valence-corrected chi connectivity index (χ2v) is 20.3. The van der Waals surface area contributed by atoms with Crippen molar-refractivity contribution in [2.75, 3.05) is 72.3 Å². The Morgan fingerprint density at radius 1 is 0.795 bits per heavy atom. The maximum absolute atomic E-state index is 14.0. The second-order valence-electron chi connectivity index (χ2n) is 19.4. The summed E-state index contributed by atoms with van der Waals surface area (Å²) in [6.45, 7) is 13.1. The first kappa shape index (κ1) is 54.2. The van der Waals surface area contributed by atoms with Gasteiger partial charge in [-0.05, 0) is 94.1 Å². The number of allylic oxidation sites excluding steroid dienone is 1. The number of aryl methyl sites for hydroxylation is 1. The van der Waals surface area contributed by atoms with Gasteiger partial charge in [0, 0.05) is 52.2 Å². The Labute approximate surface area is 431 Å². The Morgan fingerprint density at radius 2 is 1.40 bits per heavy atom. The summed E-state index contributed by atoms with van der Waals surface area (Å²) in [6.07, 6.45) is -0.0595. The highest BCUT2D eigenvalue weighted by Gasteiger charge is 2.44. The molecule has 3 atom stereocenters. The number of benzene rings is 4. The third kappa shape index (κ3) is 14.8. The quantitative estimate of drug-likeness (QED) is 0.0408. The second kappa shape index (κ2) is 25.3. The van der Waals surface area contributed by atoms with E-state index in [4.69, 9.17) is 14.2 Å². The number of phenolic OH excluding ortho intramolecular Hbond substituents is 2. The first-order valence-electron chi connectivity index (χ1n) is 24.8. The minimum absolute atomic E-state index is 0.0358. The number of β-amino-alcohol motifs (C(OH)–C–C–N with tert-alkyl or cyclic N) is 1. The number of hydrogen-bond acceptors (Lipinski definition) is 13. The van der Waals surface area contributed by atoms with Crippen LogP contribution in [-0.4, -0.2) is 149 Å². The number of rotatable bonds is 21. The van der Waals surface area contributed by atoms with Crippen LogP contribution < -0.4 is 15.4 Å². The molecule has 0 bridgehead atoms. The number of hydrogen-bond donors (Lipinski definition) is 5. The van der Waals surface area contributed by atoms with Crippen LogP contribution in [-0.2, 0) is 35.2 Å². The summed E-state index contributed by atoms with van der Waals surface area (Å²) in [5.41, 5.74) is 9.06. The zero-order valence-corrected chi connectivity index (χ0v) is 43.2. The SMILES string of the molecule is CCC(=C(c1ccc(O)cc1)c1ccc(OCCN2CCN(C(=O)COCCOCC(=O)N[C@H](C(=O)N3C[C@H](O)C[C@H]3C(=O)NCc3ccc(-c4scnc4C)cc3)C(C)(C)C)CC2)cc1)c1ccc(O)cc1. The van der Waals surface area contributed by atoms with Gasteiger partial charge in [0.25, 0.3) is 0 Å². The zero-order chi connectivity index (χ0) is 52.1. The van der Waals surface area contributed by atoms with E-state index in [-0.39, 0.29) is 69.3 Å².